The fraction of sp³-hybridized carbons (Fsp3) is 0.208. The maximum Gasteiger partial charge on any atom is 0.269 e. The van der Waals surface area contributed by atoms with Crippen molar-refractivity contribution < 1.29 is 14.7 Å². The zero-order valence-corrected chi connectivity index (χ0v) is 18.7. The normalized spacial score (nSPS) is 18.0. The number of likely N-dealkylation sites (tertiary alicyclic amines) is 1. The molecule has 1 aromatic carbocycles. The molecule has 1 atom stereocenters. The first kappa shape index (κ1) is 22.7. The summed E-state index contributed by atoms with van der Waals surface area (Å²) in [5, 5.41) is 25.9. The van der Waals surface area contributed by atoms with Crippen molar-refractivity contribution in [1.82, 2.24) is 25.0 Å². The Morgan fingerprint density at radius 2 is 2.18 bits per heavy atom. The van der Waals surface area contributed by atoms with Crippen molar-refractivity contribution in [2.45, 2.75) is 12.0 Å². The summed E-state index contributed by atoms with van der Waals surface area (Å²) < 4.78 is 1.49. The number of pyridine rings is 1. The number of allylic oxidation sites excluding steroid dienone is 1. The molecule has 0 spiro atoms. The van der Waals surface area contributed by atoms with Crippen LogP contribution in [0.2, 0.25) is 0 Å². The minimum atomic E-state index is -1.70. The molecule has 0 bridgehead atoms. The molecule has 4 rings (SSSR count). The maximum atomic E-state index is 12.2. The molecule has 0 saturated carbocycles. The molecule has 5 N–H and O–H groups in total. The molecule has 1 aliphatic heterocycles. The SMILES string of the molecule is CN/C=C(\C=N)c1cnc2c(c1)c(C(N)=O)nn2-c1cccc(C#C[C@]2(O)CCN(C)C2=O)c1. The van der Waals surface area contributed by atoms with Crippen LogP contribution in [-0.2, 0) is 4.79 Å². The van der Waals surface area contributed by atoms with Crippen molar-refractivity contribution in [2.75, 3.05) is 20.6 Å². The first-order valence-corrected chi connectivity index (χ1v) is 10.5. The number of nitrogens with two attached hydrogens (primary N) is 1. The Morgan fingerprint density at radius 3 is 2.82 bits per heavy atom. The molecule has 1 fully saturated rings. The van der Waals surface area contributed by atoms with Crippen LogP contribution < -0.4 is 11.1 Å². The lowest BCUT2D eigenvalue weighted by Gasteiger charge is -2.13. The summed E-state index contributed by atoms with van der Waals surface area (Å²) in [5.41, 5.74) is 6.65. The number of rotatable bonds is 5. The number of primary amides is 1. The number of likely N-dealkylation sites (N-methyl/N-ethyl adjacent to an activating group) is 1. The molecule has 0 radical (unpaired) electrons. The third-order valence-electron chi connectivity index (χ3n) is 5.56. The number of benzene rings is 1. The zero-order chi connectivity index (χ0) is 24.5. The fourth-order valence-corrected chi connectivity index (χ4v) is 3.75. The Balaban J connectivity index is 1.79. The van der Waals surface area contributed by atoms with Gasteiger partial charge in [0.2, 0.25) is 5.60 Å². The number of fused-ring (bicyclic) bond motifs is 1. The third kappa shape index (κ3) is 4.00. The van der Waals surface area contributed by atoms with Crippen molar-refractivity contribution in [2.24, 2.45) is 5.73 Å². The summed E-state index contributed by atoms with van der Waals surface area (Å²) >= 11 is 0. The molecule has 2 amide bonds. The Labute approximate surface area is 195 Å². The van der Waals surface area contributed by atoms with E-state index in [4.69, 9.17) is 11.1 Å². The van der Waals surface area contributed by atoms with Gasteiger partial charge >= 0.3 is 0 Å². The summed E-state index contributed by atoms with van der Waals surface area (Å²) in [4.78, 5) is 30.2. The van der Waals surface area contributed by atoms with Gasteiger partial charge in [0.15, 0.2) is 11.3 Å². The molecule has 1 saturated heterocycles. The number of nitrogens with one attached hydrogen (secondary N) is 2. The highest BCUT2D eigenvalue weighted by molar-refractivity contribution is 6.10. The van der Waals surface area contributed by atoms with Gasteiger partial charge in [0.05, 0.1) is 11.1 Å². The van der Waals surface area contributed by atoms with Crippen LogP contribution in [0.5, 0.6) is 0 Å². The number of amides is 2. The Morgan fingerprint density at radius 1 is 1.38 bits per heavy atom. The van der Waals surface area contributed by atoms with Crippen LogP contribution in [-0.4, -0.2) is 69.0 Å². The molecule has 1 aliphatic rings. The number of carbonyl (C=O) groups is 2. The Kier molecular flexibility index (Phi) is 5.88. The quantitative estimate of drug-likeness (QED) is 0.327. The van der Waals surface area contributed by atoms with Gasteiger partial charge in [-0.1, -0.05) is 17.9 Å². The van der Waals surface area contributed by atoms with E-state index in [1.807, 2.05) is 0 Å². The van der Waals surface area contributed by atoms with E-state index in [9.17, 15) is 14.7 Å². The summed E-state index contributed by atoms with van der Waals surface area (Å²) in [6.07, 6.45) is 4.65. The number of hydrogen-bond donors (Lipinski definition) is 4. The summed E-state index contributed by atoms with van der Waals surface area (Å²) in [6.45, 7) is 0.441. The van der Waals surface area contributed by atoms with Gasteiger partial charge in [0.25, 0.3) is 11.8 Å². The number of aliphatic hydroxyl groups is 1. The second-order valence-corrected chi connectivity index (χ2v) is 7.89. The third-order valence-corrected chi connectivity index (χ3v) is 5.56. The molecular weight excluding hydrogens is 434 g/mol. The number of hydrogen-bond acceptors (Lipinski definition) is 7. The summed E-state index contributed by atoms with van der Waals surface area (Å²) in [7, 11) is 3.34. The van der Waals surface area contributed by atoms with Crippen LogP contribution in [0.1, 0.15) is 28.0 Å². The lowest BCUT2D eigenvalue weighted by Crippen LogP contribution is -2.37. The highest BCUT2D eigenvalue weighted by atomic mass is 16.3. The van der Waals surface area contributed by atoms with Crippen molar-refractivity contribution in [3.63, 3.8) is 0 Å². The van der Waals surface area contributed by atoms with Gasteiger partial charge in [0, 0.05) is 62.4 Å². The molecule has 0 unspecified atom stereocenters. The van der Waals surface area contributed by atoms with Crippen molar-refractivity contribution in [3.05, 3.63) is 59.5 Å². The standard InChI is InChI=1S/C24H23N7O3/c1-27-13-17(12-25)16-11-19-20(21(26)32)29-31(22(19)28-14-16)18-5-3-4-15(10-18)6-7-24(34)8-9-30(2)23(24)33/h3-5,10-14,25,27,34H,8-9H2,1-2H3,(H2,26,32)/b17-13+,25-12?/t24-/m0/s1. The van der Waals surface area contributed by atoms with Gasteiger partial charge in [-0.3, -0.25) is 9.59 Å². The minimum Gasteiger partial charge on any atom is -0.393 e. The van der Waals surface area contributed by atoms with Crippen LogP contribution in [0.4, 0.5) is 0 Å². The molecule has 3 aromatic rings. The predicted octanol–water partition coefficient (Wildman–Crippen LogP) is 0.674. The molecular formula is C24H23N7O3. The molecule has 3 heterocycles. The first-order valence-electron chi connectivity index (χ1n) is 10.5. The van der Waals surface area contributed by atoms with Crippen molar-refractivity contribution >= 4 is 34.6 Å². The van der Waals surface area contributed by atoms with Crippen LogP contribution in [0, 0.1) is 17.3 Å². The molecule has 34 heavy (non-hydrogen) atoms. The number of aromatic nitrogens is 3. The lowest BCUT2D eigenvalue weighted by molar-refractivity contribution is -0.137. The molecule has 10 nitrogen and oxygen atoms in total. The van der Waals surface area contributed by atoms with Gasteiger partial charge in [0.1, 0.15) is 0 Å². The lowest BCUT2D eigenvalue weighted by atomic mass is 10.0. The van der Waals surface area contributed by atoms with E-state index in [1.165, 1.54) is 15.8 Å². The van der Waals surface area contributed by atoms with Gasteiger partial charge < -0.3 is 26.5 Å². The molecule has 2 aromatic heterocycles. The average molecular weight is 457 g/mol. The summed E-state index contributed by atoms with van der Waals surface area (Å²) in [5.74, 6) is 4.44. The highest BCUT2D eigenvalue weighted by Gasteiger charge is 2.42. The smallest absolute Gasteiger partial charge is 0.269 e. The maximum absolute atomic E-state index is 12.2. The number of nitrogens with zero attached hydrogens (tertiary/aromatic N) is 4. The fourth-order valence-electron chi connectivity index (χ4n) is 3.75. The zero-order valence-electron chi connectivity index (χ0n) is 18.7. The van der Waals surface area contributed by atoms with Crippen molar-refractivity contribution in [3.8, 4) is 17.5 Å². The van der Waals surface area contributed by atoms with Gasteiger partial charge in [-0.15, -0.1) is 0 Å². The van der Waals surface area contributed by atoms with E-state index < -0.39 is 17.4 Å². The van der Waals surface area contributed by atoms with E-state index in [-0.39, 0.29) is 12.1 Å². The minimum absolute atomic E-state index is 0.0449. The van der Waals surface area contributed by atoms with E-state index in [0.29, 0.717) is 40.0 Å². The largest absolute Gasteiger partial charge is 0.393 e. The number of carbonyl (C=O) groups excluding carboxylic acids is 2. The second kappa shape index (κ2) is 8.80. The van der Waals surface area contributed by atoms with Gasteiger partial charge in [-0.05, 0) is 24.3 Å². The van der Waals surface area contributed by atoms with Gasteiger partial charge in [-0.25, -0.2) is 9.67 Å². The average Bonchev–Trinajstić information content (AvgIpc) is 3.34. The van der Waals surface area contributed by atoms with Crippen molar-refractivity contribution in [1.29, 1.82) is 5.41 Å². The topological polar surface area (TPSA) is 150 Å². The molecule has 172 valence electrons. The van der Waals surface area contributed by atoms with Crippen LogP contribution in [0.15, 0.2) is 42.7 Å². The van der Waals surface area contributed by atoms with E-state index in [0.717, 1.165) is 0 Å². The Hall–Kier alpha value is -4.49. The Bertz CT molecular complexity index is 1410. The van der Waals surface area contributed by atoms with E-state index in [2.05, 4.69) is 27.2 Å². The van der Waals surface area contributed by atoms with E-state index >= 15 is 0 Å². The van der Waals surface area contributed by atoms with Crippen LogP contribution >= 0.6 is 0 Å². The predicted molar refractivity (Wildman–Crippen MR) is 127 cm³/mol. The van der Waals surface area contributed by atoms with Crippen LogP contribution in [0.25, 0.3) is 22.3 Å². The molecule has 10 heteroatoms. The highest BCUT2D eigenvalue weighted by Crippen LogP contribution is 2.25. The first-order chi connectivity index (χ1) is 16.3. The van der Waals surface area contributed by atoms with E-state index in [1.54, 1.807) is 56.8 Å². The monoisotopic (exact) mass is 457 g/mol. The second-order valence-electron chi connectivity index (χ2n) is 7.89. The van der Waals surface area contributed by atoms with Gasteiger partial charge in [-0.2, -0.15) is 5.10 Å². The summed E-state index contributed by atoms with van der Waals surface area (Å²) in [6, 6.07) is 8.69. The van der Waals surface area contributed by atoms with Crippen LogP contribution in [0.3, 0.4) is 0 Å². The molecule has 0 aliphatic carbocycles.